The summed E-state index contributed by atoms with van der Waals surface area (Å²) in [5.74, 6) is -1.84. The van der Waals surface area contributed by atoms with E-state index in [2.05, 4.69) is 15.0 Å². The van der Waals surface area contributed by atoms with Crippen LogP contribution in [0.25, 0.3) is 5.57 Å². The fraction of sp³-hybridized carbons (Fsp3) is 0.455. The molecule has 0 bridgehead atoms. The fourth-order valence-electron chi connectivity index (χ4n) is 3.64. The Labute approximate surface area is 211 Å². The number of ether oxygens (including phenoxy) is 2. The molecule has 2 aromatic heterocycles. The summed E-state index contributed by atoms with van der Waals surface area (Å²) in [5, 5.41) is 11.7. The van der Waals surface area contributed by atoms with Gasteiger partial charge in [0.2, 0.25) is 15.9 Å². The van der Waals surface area contributed by atoms with E-state index in [-0.39, 0.29) is 28.3 Å². The van der Waals surface area contributed by atoms with Crippen LogP contribution in [0.5, 0.6) is 5.88 Å². The van der Waals surface area contributed by atoms with Gasteiger partial charge < -0.3 is 9.47 Å². The number of alkyl halides is 3. The lowest BCUT2D eigenvalue weighted by molar-refractivity contribution is -0.141. The molecule has 0 aromatic carbocycles. The number of pyridine rings is 1. The van der Waals surface area contributed by atoms with E-state index in [0.717, 1.165) is 16.9 Å². The molecule has 0 radical (unpaired) electrons. The van der Waals surface area contributed by atoms with Crippen molar-refractivity contribution in [1.29, 1.82) is 5.41 Å². The molecule has 2 aromatic rings. The number of nitrogens with one attached hydrogen (secondary N) is 2. The average molecular weight is 545 g/mol. The Bertz CT molecular complexity index is 1270. The van der Waals surface area contributed by atoms with Crippen molar-refractivity contribution in [3.8, 4) is 5.88 Å². The number of nitrogens with zero attached hydrogens (tertiary/aromatic N) is 4. The molecule has 3 rings (SSSR count). The van der Waals surface area contributed by atoms with Crippen LogP contribution in [-0.2, 0) is 20.9 Å². The van der Waals surface area contributed by atoms with E-state index >= 15 is 0 Å². The van der Waals surface area contributed by atoms with E-state index in [4.69, 9.17) is 14.9 Å². The molecule has 1 fully saturated rings. The Morgan fingerprint density at radius 2 is 2.03 bits per heavy atom. The van der Waals surface area contributed by atoms with Gasteiger partial charge in [-0.15, -0.1) is 0 Å². The first-order valence-electron chi connectivity index (χ1n) is 11.2. The molecule has 1 aliphatic heterocycles. The zero-order valence-corrected chi connectivity index (χ0v) is 21.0. The highest BCUT2D eigenvalue weighted by Gasteiger charge is 2.34. The lowest BCUT2D eigenvalue weighted by Gasteiger charge is -2.26. The molecule has 1 saturated heterocycles. The fourth-order valence-corrected chi connectivity index (χ4v) is 4.64. The van der Waals surface area contributed by atoms with Crippen molar-refractivity contribution >= 4 is 27.3 Å². The second-order valence-corrected chi connectivity index (χ2v) is 9.87. The molecule has 37 heavy (non-hydrogen) atoms. The maximum absolute atomic E-state index is 12.9. The number of halogens is 3. The second-order valence-electron chi connectivity index (χ2n) is 8.03. The lowest BCUT2D eigenvalue weighted by Crippen LogP contribution is -2.38. The summed E-state index contributed by atoms with van der Waals surface area (Å²) in [4.78, 5) is 19.0. The molecule has 3 heterocycles. The summed E-state index contributed by atoms with van der Waals surface area (Å²) in [6.45, 7) is 4.67. The third-order valence-corrected chi connectivity index (χ3v) is 6.81. The number of hydrogen-bond acceptors (Lipinski definition) is 9. The number of rotatable bonds is 9. The van der Waals surface area contributed by atoms with Crippen LogP contribution in [0.3, 0.4) is 0 Å². The van der Waals surface area contributed by atoms with E-state index in [1.54, 1.807) is 6.92 Å². The number of methoxy groups -OCH3 is 1. The highest BCUT2D eigenvalue weighted by atomic mass is 32.2. The SMILES string of the molecule is C/C=C(\C(=N)n1ccc(C(F)(F)F)n1)c1cnc(OC)c(C(=O)NS(=O)(=O)CCCN2CCOCC2)c1. The topological polar surface area (TPSA) is 140 Å². The quantitative estimate of drug-likeness (QED) is 0.361. The Hall–Kier alpha value is -3.30. The molecule has 0 spiro atoms. The summed E-state index contributed by atoms with van der Waals surface area (Å²) < 4.78 is 76.9. The van der Waals surface area contributed by atoms with Crippen molar-refractivity contribution in [1.82, 2.24) is 24.4 Å². The predicted octanol–water partition coefficient (Wildman–Crippen LogP) is 2.02. The zero-order valence-electron chi connectivity index (χ0n) is 20.2. The molecule has 0 aliphatic carbocycles. The Balaban J connectivity index is 1.76. The molecule has 0 saturated carbocycles. The molecular formula is C22H27F3N6O5S. The third kappa shape index (κ3) is 7.36. The molecule has 15 heteroatoms. The smallest absolute Gasteiger partial charge is 0.435 e. The number of hydrogen-bond donors (Lipinski definition) is 2. The second kappa shape index (κ2) is 11.8. The van der Waals surface area contributed by atoms with Crippen molar-refractivity contribution in [2.75, 3.05) is 45.7 Å². The van der Waals surface area contributed by atoms with E-state index in [0.29, 0.717) is 39.3 Å². The Morgan fingerprint density at radius 1 is 1.32 bits per heavy atom. The standard InChI is InChI=1S/C22H27F3N6O5S/c1-3-16(19(26)31-7-5-18(28-31)22(23,24)25)15-13-17(21(35-2)27-14-15)20(32)29-37(33,34)12-4-6-30-8-10-36-11-9-30/h3,5,7,13-14,26H,4,6,8-12H2,1-2H3,(H,29,32)/b16-3-,26-19?. The number of amides is 1. The van der Waals surface area contributed by atoms with Gasteiger partial charge in [0.1, 0.15) is 5.56 Å². The van der Waals surface area contributed by atoms with Gasteiger partial charge in [0.15, 0.2) is 11.5 Å². The van der Waals surface area contributed by atoms with Crippen LogP contribution in [0, 0.1) is 5.41 Å². The molecule has 0 atom stereocenters. The minimum Gasteiger partial charge on any atom is -0.480 e. The maximum atomic E-state index is 12.9. The molecule has 2 N–H and O–H groups in total. The van der Waals surface area contributed by atoms with Crippen molar-refractivity contribution < 1.29 is 35.9 Å². The minimum atomic E-state index is -4.68. The van der Waals surface area contributed by atoms with Gasteiger partial charge in [-0.05, 0) is 32.0 Å². The highest BCUT2D eigenvalue weighted by molar-refractivity contribution is 7.90. The van der Waals surface area contributed by atoms with Gasteiger partial charge in [0, 0.05) is 36.6 Å². The molecule has 1 amide bonds. The number of morpholine rings is 1. The van der Waals surface area contributed by atoms with E-state index in [1.165, 1.54) is 25.4 Å². The van der Waals surface area contributed by atoms with Crippen molar-refractivity contribution in [2.24, 2.45) is 0 Å². The van der Waals surface area contributed by atoms with Crippen molar-refractivity contribution in [3.05, 3.63) is 47.4 Å². The molecule has 202 valence electrons. The Morgan fingerprint density at radius 3 is 2.62 bits per heavy atom. The van der Waals surface area contributed by atoms with Crippen LogP contribution in [0.15, 0.2) is 30.6 Å². The van der Waals surface area contributed by atoms with E-state index in [1.807, 2.05) is 4.72 Å². The average Bonchev–Trinajstić information content (AvgIpc) is 3.36. The summed E-state index contributed by atoms with van der Waals surface area (Å²) in [5.41, 5.74) is -1.11. The number of carbonyl (C=O) groups excluding carboxylic acids is 1. The van der Waals surface area contributed by atoms with Gasteiger partial charge in [0.25, 0.3) is 5.91 Å². The first kappa shape index (κ1) is 28.3. The van der Waals surface area contributed by atoms with Crippen molar-refractivity contribution in [3.63, 3.8) is 0 Å². The monoisotopic (exact) mass is 544 g/mol. The van der Waals surface area contributed by atoms with Gasteiger partial charge in [-0.2, -0.15) is 18.3 Å². The van der Waals surface area contributed by atoms with E-state index in [9.17, 15) is 26.4 Å². The van der Waals surface area contributed by atoms with Crippen LogP contribution >= 0.6 is 0 Å². The number of allylic oxidation sites excluding steroid dienone is 2. The van der Waals surface area contributed by atoms with Crippen LogP contribution in [-0.4, -0.2) is 85.5 Å². The van der Waals surface area contributed by atoms with E-state index < -0.39 is 33.6 Å². The van der Waals surface area contributed by atoms with Gasteiger partial charge in [-0.3, -0.25) is 15.1 Å². The normalized spacial score (nSPS) is 15.4. The van der Waals surface area contributed by atoms with Crippen LogP contribution in [0.1, 0.15) is 35.0 Å². The predicted molar refractivity (Wildman–Crippen MR) is 128 cm³/mol. The highest BCUT2D eigenvalue weighted by Crippen LogP contribution is 2.28. The van der Waals surface area contributed by atoms with Crippen molar-refractivity contribution in [2.45, 2.75) is 19.5 Å². The van der Waals surface area contributed by atoms with Crippen LogP contribution in [0.2, 0.25) is 0 Å². The largest absolute Gasteiger partial charge is 0.480 e. The number of sulfonamides is 1. The Kier molecular flexibility index (Phi) is 9.04. The summed E-state index contributed by atoms with van der Waals surface area (Å²) in [6.07, 6.45) is -0.692. The first-order valence-corrected chi connectivity index (χ1v) is 12.9. The number of aromatic nitrogens is 3. The first-order chi connectivity index (χ1) is 17.4. The molecule has 1 aliphatic rings. The summed E-state index contributed by atoms with van der Waals surface area (Å²) in [7, 11) is -2.74. The minimum absolute atomic E-state index is 0.106. The third-order valence-electron chi connectivity index (χ3n) is 5.49. The van der Waals surface area contributed by atoms with Gasteiger partial charge in [-0.1, -0.05) is 6.08 Å². The number of carbonyl (C=O) groups is 1. The summed E-state index contributed by atoms with van der Waals surface area (Å²) in [6, 6.07) is 1.99. The van der Waals surface area contributed by atoms with Crippen LogP contribution < -0.4 is 9.46 Å². The van der Waals surface area contributed by atoms with Gasteiger partial charge in [0.05, 0.1) is 26.1 Å². The summed E-state index contributed by atoms with van der Waals surface area (Å²) >= 11 is 0. The van der Waals surface area contributed by atoms with Gasteiger partial charge in [-0.25, -0.2) is 22.8 Å². The van der Waals surface area contributed by atoms with Gasteiger partial charge >= 0.3 is 6.18 Å². The maximum Gasteiger partial charge on any atom is 0.435 e. The molecule has 0 unspecified atom stereocenters. The molecular weight excluding hydrogens is 517 g/mol. The molecule has 11 nitrogen and oxygen atoms in total. The lowest BCUT2D eigenvalue weighted by atomic mass is 10.0. The van der Waals surface area contributed by atoms with Crippen LogP contribution in [0.4, 0.5) is 13.2 Å². The zero-order chi connectivity index (χ0) is 27.2.